The largest absolute Gasteiger partial charge is 0.356 e. The highest BCUT2D eigenvalue weighted by atomic mass is 32.2. The second-order valence-electron chi connectivity index (χ2n) is 6.86. The van der Waals surface area contributed by atoms with Gasteiger partial charge < -0.3 is 15.6 Å². The normalized spacial score (nSPS) is 13.3. The zero-order valence-corrected chi connectivity index (χ0v) is 17.2. The average molecular weight is 396 g/mol. The standard InChI is InChI=1S/C18H29N5O3S/c1-5-23-16-7-6-14(27(25,26)22(3)4)10-15(16)21-17(23)8-9-18(24)20-12-13(2)11-19/h6-7,10,13H,5,8-9,11-12,19H2,1-4H3,(H,20,24). The Kier molecular flexibility index (Phi) is 6.96. The summed E-state index contributed by atoms with van der Waals surface area (Å²) in [5, 5.41) is 2.88. The lowest BCUT2D eigenvalue weighted by molar-refractivity contribution is -0.121. The molecule has 0 fully saturated rings. The summed E-state index contributed by atoms with van der Waals surface area (Å²) in [7, 11) is -0.513. The lowest BCUT2D eigenvalue weighted by Crippen LogP contribution is -2.31. The van der Waals surface area contributed by atoms with Crippen LogP contribution in [0.3, 0.4) is 0 Å². The Morgan fingerprint density at radius 2 is 2.07 bits per heavy atom. The Bertz CT molecular complexity index is 905. The number of rotatable bonds is 9. The first kappa shape index (κ1) is 21.3. The first-order valence-electron chi connectivity index (χ1n) is 9.09. The number of nitrogens with one attached hydrogen (secondary N) is 1. The second kappa shape index (κ2) is 8.81. The van der Waals surface area contributed by atoms with E-state index in [2.05, 4.69) is 10.3 Å². The maximum absolute atomic E-state index is 12.3. The van der Waals surface area contributed by atoms with Gasteiger partial charge in [-0.25, -0.2) is 17.7 Å². The van der Waals surface area contributed by atoms with Gasteiger partial charge in [-0.3, -0.25) is 4.79 Å². The summed E-state index contributed by atoms with van der Waals surface area (Å²) in [5.74, 6) is 0.973. The van der Waals surface area contributed by atoms with Crippen molar-refractivity contribution < 1.29 is 13.2 Å². The van der Waals surface area contributed by atoms with Crippen LogP contribution in [0.5, 0.6) is 0 Å². The van der Waals surface area contributed by atoms with Gasteiger partial charge in [0.05, 0.1) is 15.9 Å². The fourth-order valence-electron chi connectivity index (χ4n) is 2.76. The van der Waals surface area contributed by atoms with E-state index in [0.29, 0.717) is 38.0 Å². The zero-order valence-electron chi connectivity index (χ0n) is 16.4. The molecular weight excluding hydrogens is 366 g/mol. The molecule has 0 bridgehead atoms. The number of aryl methyl sites for hydroxylation is 2. The SMILES string of the molecule is CCn1c(CCC(=O)NCC(C)CN)nc2cc(S(=O)(=O)N(C)C)ccc21. The van der Waals surface area contributed by atoms with Crippen LogP contribution in [0.4, 0.5) is 0 Å². The fourth-order valence-corrected chi connectivity index (χ4v) is 3.68. The molecule has 8 nitrogen and oxygen atoms in total. The van der Waals surface area contributed by atoms with Gasteiger partial charge >= 0.3 is 0 Å². The fraction of sp³-hybridized carbons (Fsp3) is 0.556. The number of aromatic nitrogens is 2. The number of fused-ring (bicyclic) bond motifs is 1. The lowest BCUT2D eigenvalue weighted by Gasteiger charge is -2.11. The highest BCUT2D eigenvalue weighted by molar-refractivity contribution is 7.89. The molecule has 0 saturated carbocycles. The van der Waals surface area contributed by atoms with Crippen molar-refractivity contribution in [3.63, 3.8) is 0 Å². The molecule has 3 N–H and O–H groups in total. The highest BCUT2D eigenvalue weighted by Gasteiger charge is 2.19. The topological polar surface area (TPSA) is 110 Å². The number of hydrogen-bond donors (Lipinski definition) is 2. The molecule has 1 atom stereocenters. The Morgan fingerprint density at radius 1 is 1.37 bits per heavy atom. The van der Waals surface area contributed by atoms with E-state index in [1.54, 1.807) is 18.2 Å². The van der Waals surface area contributed by atoms with Crippen LogP contribution in [-0.2, 0) is 27.8 Å². The van der Waals surface area contributed by atoms with Crippen molar-refractivity contribution in [2.75, 3.05) is 27.2 Å². The molecule has 150 valence electrons. The van der Waals surface area contributed by atoms with Crippen LogP contribution in [0.2, 0.25) is 0 Å². The molecule has 0 radical (unpaired) electrons. The predicted molar refractivity (Wildman–Crippen MR) is 106 cm³/mol. The molecule has 2 aromatic rings. The van der Waals surface area contributed by atoms with Crippen molar-refractivity contribution in [2.24, 2.45) is 11.7 Å². The molecule has 0 saturated heterocycles. The molecule has 0 aliphatic rings. The Balaban J connectivity index is 2.21. The van der Waals surface area contributed by atoms with E-state index < -0.39 is 10.0 Å². The van der Waals surface area contributed by atoms with E-state index >= 15 is 0 Å². The number of carbonyl (C=O) groups is 1. The minimum atomic E-state index is -3.51. The number of benzene rings is 1. The molecule has 1 aromatic carbocycles. The van der Waals surface area contributed by atoms with Crippen LogP contribution in [0.25, 0.3) is 11.0 Å². The minimum absolute atomic E-state index is 0.0408. The molecule has 0 spiro atoms. The number of carbonyl (C=O) groups excluding carboxylic acids is 1. The van der Waals surface area contributed by atoms with E-state index in [-0.39, 0.29) is 16.7 Å². The molecule has 27 heavy (non-hydrogen) atoms. The first-order chi connectivity index (χ1) is 12.7. The molecule has 0 aliphatic carbocycles. The Morgan fingerprint density at radius 3 is 2.67 bits per heavy atom. The molecule has 1 amide bonds. The van der Waals surface area contributed by atoms with Gasteiger partial charge in [-0.15, -0.1) is 0 Å². The number of amides is 1. The maximum Gasteiger partial charge on any atom is 0.242 e. The third-order valence-corrected chi connectivity index (χ3v) is 6.33. The van der Waals surface area contributed by atoms with Crippen LogP contribution in [0.1, 0.15) is 26.1 Å². The number of sulfonamides is 1. The van der Waals surface area contributed by atoms with Crippen molar-refractivity contribution in [1.82, 2.24) is 19.2 Å². The van der Waals surface area contributed by atoms with Gasteiger partial charge in [0, 0.05) is 40.0 Å². The number of hydrogen-bond acceptors (Lipinski definition) is 5. The summed E-state index contributed by atoms with van der Waals surface area (Å²) in [6.45, 7) is 5.76. The third-order valence-electron chi connectivity index (χ3n) is 4.52. The summed E-state index contributed by atoms with van der Waals surface area (Å²) < 4.78 is 27.9. The Labute approximate surface area is 160 Å². The summed E-state index contributed by atoms with van der Waals surface area (Å²) >= 11 is 0. The number of nitrogens with zero attached hydrogens (tertiary/aromatic N) is 3. The van der Waals surface area contributed by atoms with Crippen LogP contribution in [0, 0.1) is 5.92 Å². The molecule has 1 heterocycles. The van der Waals surface area contributed by atoms with Crippen molar-refractivity contribution in [3.8, 4) is 0 Å². The van der Waals surface area contributed by atoms with Crippen LogP contribution in [0.15, 0.2) is 23.1 Å². The van der Waals surface area contributed by atoms with Crippen molar-refractivity contribution >= 4 is 27.0 Å². The van der Waals surface area contributed by atoms with Gasteiger partial charge in [0.1, 0.15) is 5.82 Å². The molecule has 2 rings (SSSR count). The van der Waals surface area contributed by atoms with Crippen LogP contribution < -0.4 is 11.1 Å². The van der Waals surface area contributed by atoms with Crippen molar-refractivity contribution in [1.29, 1.82) is 0 Å². The second-order valence-corrected chi connectivity index (χ2v) is 9.01. The van der Waals surface area contributed by atoms with Crippen LogP contribution in [-0.4, -0.2) is 55.4 Å². The molecular formula is C18H29N5O3S. The van der Waals surface area contributed by atoms with Crippen molar-refractivity contribution in [3.05, 3.63) is 24.0 Å². The van der Waals surface area contributed by atoms with Gasteiger partial charge in [0.25, 0.3) is 0 Å². The zero-order chi connectivity index (χ0) is 20.2. The lowest BCUT2D eigenvalue weighted by atomic mass is 10.2. The van der Waals surface area contributed by atoms with E-state index in [1.807, 2.05) is 18.4 Å². The number of imidazole rings is 1. The quantitative estimate of drug-likeness (QED) is 0.657. The van der Waals surface area contributed by atoms with Crippen LogP contribution >= 0.6 is 0 Å². The van der Waals surface area contributed by atoms with Gasteiger partial charge in [-0.1, -0.05) is 6.92 Å². The molecule has 1 unspecified atom stereocenters. The van der Waals surface area contributed by atoms with Gasteiger partial charge in [-0.2, -0.15) is 0 Å². The molecule has 0 aliphatic heterocycles. The van der Waals surface area contributed by atoms with E-state index in [4.69, 9.17) is 5.73 Å². The smallest absolute Gasteiger partial charge is 0.242 e. The summed E-state index contributed by atoms with van der Waals surface area (Å²) in [4.78, 5) is 16.8. The minimum Gasteiger partial charge on any atom is -0.356 e. The summed E-state index contributed by atoms with van der Waals surface area (Å²) in [6, 6.07) is 4.95. The van der Waals surface area contributed by atoms with E-state index in [1.165, 1.54) is 18.4 Å². The van der Waals surface area contributed by atoms with Gasteiger partial charge in [0.2, 0.25) is 15.9 Å². The highest BCUT2D eigenvalue weighted by Crippen LogP contribution is 2.22. The first-order valence-corrected chi connectivity index (χ1v) is 10.5. The van der Waals surface area contributed by atoms with E-state index in [9.17, 15) is 13.2 Å². The Hall–Kier alpha value is -1.97. The summed E-state index contributed by atoms with van der Waals surface area (Å²) in [6.07, 6.45) is 0.810. The van der Waals surface area contributed by atoms with Crippen molar-refractivity contribution in [2.45, 2.75) is 38.1 Å². The van der Waals surface area contributed by atoms with E-state index in [0.717, 1.165) is 11.3 Å². The predicted octanol–water partition coefficient (Wildman–Crippen LogP) is 0.950. The molecule has 1 aromatic heterocycles. The van der Waals surface area contributed by atoms with Gasteiger partial charge in [0.15, 0.2) is 0 Å². The maximum atomic E-state index is 12.3. The van der Waals surface area contributed by atoms with Gasteiger partial charge in [-0.05, 0) is 37.6 Å². The molecule has 9 heteroatoms. The third kappa shape index (κ3) is 4.85. The summed E-state index contributed by atoms with van der Waals surface area (Å²) in [5.41, 5.74) is 7.04. The monoisotopic (exact) mass is 395 g/mol. The number of nitrogens with two attached hydrogens (primary N) is 1. The average Bonchev–Trinajstić information content (AvgIpc) is 3.00.